The Morgan fingerprint density at radius 1 is 1.23 bits per heavy atom. The SMILES string of the molecule is CCOC(=O)Cc1cc(OC(F)(F)F)c(C(F)(F)F)c(=O)[nH]1. The van der Waals surface area contributed by atoms with Crippen molar-refractivity contribution in [1.29, 1.82) is 0 Å². The molecule has 0 unspecified atom stereocenters. The fourth-order valence-electron chi connectivity index (χ4n) is 1.52. The van der Waals surface area contributed by atoms with Gasteiger partial charge >= 0.3 is 18.5 Å². The quantitative estimate of drug-likeness (QED) is 0.679. The lowest BCUT2D eigenvalue weighted by molar-refractivity contribution is -0.276. The Morgan fingerprint density at radius 3 is 2.27 bits per heavy atom. The zero-order chi connectivity index (χ0) is 17.1. The number of carbonyl (C=O) groups is 1. The van der Waals surface area contributed by atoms with Gasteiger partial charge in [-0.1, -0.05) is 0 Å². The van der Waals surface area contributed by atoms with E-state index in [9.17, 15) is 35.9 Å². The second-order valence-electron chi connectivity index (χ2n) is 3.89. The average Bonchev–Trinajstić information content (AvgIpc) is 2.23. The van der Waals surface area contributed by atoms with Crippen molar-refractivity contribution in [2.45, 2.75) is 25.9 Å². The number of rotatable bonds is 4. The fraction of sp³-hybridized carbons (Fsp3) is 0.455. The predicted molar refractivity (Wildman–Crippen MR) is 59.1 cm³/mol. The molecule has 0 amide bonds. The van der Waals surface area contributed by atoms with Crippen molar-refractivity contribution in [3.05, 3.63) is 27.7 Å². The average molecular weight is 333 g/mol. The Labute approximate surface area is 118 Å². The number of H-pyrrole nitrogens is 1. The number of ether oxygens (including phenoxy) is 2. The van der Waals surface area contributed by atoms with Gasteiger partial charge in [0, 0.05) is 11.8 Å². The highest BCUT2D eigenvalue weighted by Crippen LogP contribution is 2.36. The minimum absolute atomic E-state index is 0.0460. The van der Waals surface area contributed by atoms with E-state index in [1.807, 2.05) is 0 Å². The Bertz CT molecular complexity index is 604. The number of hydrogen-bond acceptors (Lipinski definition) is 4. The normalized spacial score (nSPS) is 12.1. The molecule has 0 atom stereocenters. The monoisotopic (exact) mass is 333 g/mol. The lowest BCUT2D eigenvalue weighted by atomic mass is 10.2. The van der Waals surface area contributed by atoms with Gasteiger partial charge in [0.2, 0.25) is 0 Å². The van der Waals surface area contributed by atoms with Gasteiger partial charge in [-0.25, -0.2) is 0 Å². The number of alkyl halides is 6. The summed E-state index contributed by atoms with van der Waals surface area (Å²) in [4.78, 5) is 24.2. The molecule has 1 rings (SSSR count). The van der Waals surface area contributed by atoms with Crippen LogP contribution in [0.4, 0.5) is 26.3 Å². The second-order valence-corrected chi connectivity index (χ2v) is 3.89. The molecule has 1 heterocycles. The first kappa shape index (κ1) is 17.9. The number of carbonyl (C=O) groups excluding carboxylic acids is 1. The van der Waals surface area contributed by atoms with Crippen molar-refractivity contribution in [2.75, 3.05) is 6.61 Å². The van der Waals surface area contributed by atoms with Gasteiger partial charge in [0.25, 0.3) is 5.56 Å². The van der Waals surface area contributed by atoms with Crippen LogP contribution in [-0.2, 0) is 22.1 Å². The van der Waals surface area contributed by atoms with Crippen LogP contribution in [0, 0.1) is 0 Å². The molecule has 0 saturated heterocycles. The lowest BCUT2D eigenvalue weighted by Crippen LogP contribution is -2.28. The lowest BCUT2D eigenvalue weighted by Gasteiger charge is -2.15. The van der Waals surface area contributed by atoms with Crippen LogP contribution in [0.15, 0.2) is 10.9 Å². The van der Waals surface area contributed by atoms with Crippen molar-refractivity contribution in [1.82, 2.24) is 4.98 Å². The summed E-state index contributed by atoms with van der Waals surface area (Å²) in [6, 6.07) is 0.286. The van der Waals surface area contributed by atoms with E-state index in [2.05, 4.69) is 9.47 Å². The molecule has 0 radical (unpaired) electrons. The first-order valence-corrected chi connectivity index (χ1v) is 5.68. The molecule has 124 valence electrons. The van der Waals surface area contributed by atoms with Crippen molar-refractivity contribution in [3.63, 3.8) is 0 Å². The molecule has 0 saturated carbocycles. The summed E-state index contributed by atoms with van der Waals surface area (Å²) in [6.45, 7) is 1.40. The standard InChI is InChI=1S/C11H9F6NO4/c1-2-21-7(19)4-5-3-6(22-11(15,16)17)8(9(20)18-5)10(12,13)14/h3H,2,4H2,1H3,(H,18,20). The molecule has 22 heavy (non-hydrogen) atoms. The number of aromatic nitrogens is 1. The first-order valence-electron chi connectivity index (χ1n) is 5.68. The molecule has 0 aliphatic carbocycles. The second kappa shape index (κ2) is 6.28. The van der Waals surface area contributed by atoms with Crippen LogP contribution >= 0.6 is 0 Å². The largest absolute Gasteiger partial charge is 0.573 e. The summed E-state index contributed by atoms with van der Waals surface area (Å²) < 4.78 is 82.1. The van der Waals surface area contributed by atoms with Crippen LogP contribution in [0.2, 0.25) is 0 Å². The van der Waals surface area contributed by atoms with Gasteiger partial charge in [-0.2, -0.15) is 13.2 Å². The van der Waals surface area contributed by atoms with E-state index in [1.165, 1.54) is 6.92 Å². The molecule has 11 heteroatoms. The Kier molecular flexibility index (Phi) is 5.09. The van der Waals surface area contributed by atoms with Gasteiger partial charge in [-0.15, -0.1) is 13.2 Å². The summed E-state index contributed by atoms with van der Waals surface area (Å²) in [7, 11) is 0. The van der Waals surface area contributed by atoms with Crippen LogP contribution in [0.3, 0.4) is 0 Å². The highest BCUT2D eigenvalue weighted by atomic mass is 19.4. The van der Waals surface area contributed by atoms with Crippen LogP contribution in [0.1, 0.15) is 18.2 Å². The van der Waals surface area contributed by atoms with Gasteiger partial charge in [0.05, 0.1) is 13.0 Å². The van der Waals surface area contributed by atoms with E-state index in [-0.39, 0.29) is 12.7 Å². The van der Waals surface area contributed by atoms with Crippen LogP contribution < -0.4 is 10.3 Å². The number of nitrogens with one attached hydrogen (secondary N) is 1. The molecular formula is C11H9F6NO4. The third-order valence-electron chi connectivity index (χ3n) is 2.20. The van der Waals surface area contributed by atoms with E-state index in [0.717, 1.165) is 0 Å². The zero-order valence-electron chi connectivity index (χ0n) is 10.9. The van der Waals surface area contributed by atoms with Crippen molar-refractivity contribution >= 4 is 5.97 Å². The van der Waals surface area contributed by atoms with Gasteiger partial charge in [-0.05, 0) is 6.92 Å². The third-order valence-corrected chi connectivity index (χ3v) is 2.20. The molecule has 0 aliphatic rings. The number of esters is 1. The highest BCUT2D eigenvalue weighted by Gasteiger charge is 2.42. The first-order chi connectivity index (χ1) is 9.94. The minimum atomic E-state index is -5.44. The minimum Gasteiger partial charge on any atom is -0.466 e. The molecule has 5 nitrogen and oxygen atoms in total. The summed E-state index contributed by atoms with van der Waals surface area (Å²) in [5.74, 6) is -2.67. The summed E-state index contributed by atoms with van der Waals surface area (Å²) >= 11 is 0. The van der Waals surface area contributed by atoms with E-state index >= 15 is 0 Å². The zero-order valence-corrected chi connectivity index (χ0v) is 10.9. The Hall–Kier alpha value is -2.20. The maximum atomic E-state index is 12.6. The smallest absolute Gasteiger partial charge is 0.466 e. The van der Waals surface area contributed by atoms with Crippen LogP contribution in [0.25, 0.3) is 0 Å². The van der Waals surface area contributed by atoms with E-state index < -0.39 is 47.5 Å². The number of aromatic amines is 1. The molecule has 1 aromatic rings. The van der Waals surface area contributed by atoms with Gasteiger partial charge < -0.3 is 14.5 Å². The van der Waals surface area contributed by atoms with Crippen molar-refractivity contribution in [3.8, 4) is 5.75 Å². The van der Waals surface area contributed by atoms with Crippen molar-refractivity contribution < 1.29 is 40.6 Å². The highest BCUT2D eigenvalue weighted by molar-refractivity contribution is 5.72. The Morgan fingerprint density at radius 2 is 1.82 bits per heavy atom. The van der Waals surface area contributed by atoms with Gasteiger partial charge in [-0.3, -0.25) is 9.59 Å². The number of hydrogen-bond donors (Lipinski definition) is 1. The van der Waals surface area contributed by atoms with Crippen LogP contribution in [-0.4, -0.2) is 23.9 Å². The third kappa shape index (κ3) is 4.97. The van der Waals surface area contributed by atoms with E-state index in [1.54, 1.807) is 4.98 Å². The summed E-state index contributed by atoms with van der Waals surface area (Å²) in [5.41, 5.74) is -4.50. The predicted octanol–water partition coefficient (Wildman–Crippen LogP) is 2.40. The van der Waals surface area contributed by atoms with Gasteiger partial charge in [0.15, 0.2) is 5.56 Å². The molecule has 1 aromatic heterocycles. The topological polar surface area (TPSA) is 68.4 Å². The fourth-order valence-corrected chi connectivity index (χ4v) is 1.52. The van der Waals surface area contributed by atoms with E-state index in [0.29, 0.717) is 0 Å². The molecule has 0 bridgehead atoms. The van der Waals surface area contributed by atoms with Crippen molar-refractivity contribution in [2.24, 2.45) is 0 Å². The van der Waals surface area contributed by atoms with E-state index in [4.69, 9.17) is 0 Å². The maximum Gasteiger partial charge on any atom is 0.573 e. The maximum absolute atomic E-state index is 12.6. The number of halogens is 6. The molecule has 0 aromatic carbocycles. The van der Waals surface area contributed by atoms with Crippen LogP contribution in [0.5, 0.6) is 5.75 Å². The summed E-state index contributed by atoms with van der Waals surface area (Å²) in [6.07, 6.45) is -11.5. The molecule has 0 fully saturated rings. The summed E-state index contributed by atoms with van der Waals surface area (Å²) in [5, 5.41) is 0. The molecule has 0 spiro atoms. The molecular weight excluding hydrogens is 324 g/mol. The van der Waals surface area contributed by atoms with Gasteiger partial charge in [0.1, 0.15) is 5.75 Å². The molecule has 0 aliphatic heterocycles. The molecule has 1 N–H and O–H groups in total. The number of pyridine rings is 1. The Balaban J connectivity index is 3.32.